The second-order valence-electron chi connectivity index (χ2n) is 3.27. The van der Waals surface area contributed by atoms with E-state index in [-0.39, 0.29) is 12.3 Å². The van der Waals surface area contributed by atoms with Gasteiger partial charge in [0.25, 0.3) is 0 Å². The number of hydrogen-bond donors (Lipinski definition) is 1. The minimum atomic E-state index is -0.336. The smallest absolute Gasteiger partial charge is 0.177 e. The van der Waals surface area contributed by atoms with Gasteiger partial charge < -0.3 is 15.2 Å². The molecule has 0 fully saturated rings. The topological polar surface area (TPSA) is 44.5 Å². The Kier molecular flexibility index (Phi) is 5.25. The van der Waals surface area contributed by atoms with Gasteiger partial charge in [0.05, 0.1) is 6.04 Å². The van der Waals surface area contributed by atoms with E-state index >= 15 is 0 Å². The standard InChI is InChI=1S/C11H19NO2S/c1-4-13-11(14-5-2)9(12)10-8(3)6-7-15-10/h6-7,9,11H,4-5,12H2,1-3H3. The van der Waals surface area contributed by atoms with Gasteiger partial charge in [-0.2, -0.15) is 0 Å². The van der Waals surface area contributed by atoms with Gasteiger partial charge in [0.15, 0.2) is 6.29 Å². The molecule has 1 atom stereocenters. The summed E-state index contributed by atoms with van der Waals surface area (Å²) in [5, 5.41) is 2.04. The Labute approximate surface area is 95.2 Å². The van der Waals surface area contributed by atoms with Crippen LogP contribution in [0.5, 0.6) is 0 Å². The highest BCUT2D eigenvalue weighted by molar-refractivity contribution is 7.10. The number of thiophene rings is 1. The Hall–Kier alpha value is -0.420. The number of ether oxygens (including phenoxy) is 2. The summed E-state index contributed by atoms with van der Waals surface area (Å²) in [6.45, 7) is 7.17. The predicted molar refractivity (Wildman–Crippen MR) is 63.0 cm³/mol. The first-order valence-corrected chi connectivity index (χ1v) is 6.11. The lowest BCUT2D eigenvalue weighted by Crippen LogP contribution is -2.31. The van der Waals surface area contributed by atoms with E-state index in [9.17, 15) is 0 Å². The highest BCUT2D eigenvalue weighted by atomic mass is 32.1. The lowest BCUT2D eigenvalue weighted by atomic mass is 10.2. The van der Waals surface area contributed by atoms with Gasteiger partial charge in [-0.05, 0) is 37.8 Å². The molecule has 1 rings (SSSR count). The predicted octanol–water partition coefficient (Wildman–Crippen LogP) is 2.46. The molecule has 0 aromatic carbocycles. The molecule has 1 heterocycles. The van der Waals surface area contributed by atoms with Crippen molar-refractivity contribution in [1.29, 1.82) is 0 Å². The summed E-state index contributed by atoms with van der Waals surface area (Å²) < 4.78 is 11.0. The fourth-order valence-electron chi connectivity index (χ4n) is 1.43. The van der Waals surface area contributed by atoms with Crippen molar-refractivity contribution in [1.82, 2.24) is 0 Å². The lowest BCUT2D eigenvalue weighted by Gasteiger charge is -2.23. The van der Waals surface area contributed by atoms with Crippen LogP contribution in [0.25, 0.3) is 0 Å². The average molecular weight is 229 g/mol. The van der Waals surface area contributed by atoms with E-state index in [0.717, 1.165) is 4.88 Å². The third-order valence-electron chi connectivity index (χ3n) is 2.16. The average Bonchev–Trinajstić information content (AvgIpc) is 2.63. The Morgan fingerprint density at radius 2 is 1.93 bits per heavy atom. The van der Waals surface area contributed by atoms with Crippen LogP contribution in [-0.4, -0.2) is 19.5 Å². The maximum Gasteiger partial charge on any atom is 0.177 e. The van der Waals surface area contributed by atoms with Crippen molar-refractivity contribution >= 4 is 11.3 Å². The van der Waals surface area contributed by atoms with Crippen LogP contribution in [-0.2, 0) is 9.47 Å². The minimum absolute atomic E-state index is 0.190. The van der Waals surface area contributed by atoms with E-state index in [1.165, 1.54) is 5.56 Å². The van der Waals surface area contributed by atoms with E-state index in [1.807, 2.05) is 19.2 Å². The first-order chi connectivity index (χ1) is 7.20. The van der Waals surface area contributed by atoms with Crippen LogP contribution in [0.15, 0.2) is 11.4 Å². The fraction of sp³-hybridized carbons (Fsp3) is 0.636. The van der Waals surface area contributed by atoms with Gasteiger partial charge >= 0.3 is 0 Å². The molecular weight excluding hydrogens is 210 g/mol. The molecule has 4 heteroatoms. The van der Waals surface area contributed by atoms with Crippen molar-refractivity contribution in [2.24, 2.45) is 5.73 Å². The van der Waals surface area contributed by atoms with Crippen LogP contribution in [0.4, 0.5) is 0 Å². The molecule has 86 valence electrons. The fourth-order valence-corrected chi connectivity index (χ4v) is 2.37. The molecule has 0 aliphatic heterocycles. The summed E-state index contributed by atoms with van der Waals surface area (Å²) in [4.78, 5) is 1.14. The molecule has 15 heavy (non-hydrogen) atoms. The van der Waals surface area contributed by atoms with Crippen LogP contribution >= 0.6 is 11.3 Å². The summed E-state index contributed by atoms with van der Waals surface area (Å²) >= 11 is 1.65. The van der Waals surface area contributed by atoms with E-state index in [4.69, 9.17) is 15.2 Å². The van der Waals surface area contributed by atoms with Gasteiger partial charge in [0.2, 0.25) is 0 Å². The van der Waals surface area contributed by atoms with Crippen LogP contribution in [0.2, 0.25) is 0 Å². The molecule has 0 bridgehead atoms. The van der Waals surface area contributed by atoms with Crippen LogP contribution in [0, 0.1) is 6.92 Å². The first-order valence-electron chi connectivity index (χ1n) is 5.23. The Morgan fingerprint density at radius 1 is 1.33 bits per heavy atom. The molecule has 0 amide bonds. The quantitative estimate of drug-likeness (QED) is 0.762. The van der Waals surface area contributed by atoms with Crippen molar-refractivity contribution in [3.8, 4) is 0 Å². The molecule has 1 aromatic rings. The SMILES string of the molecule is CCOC(OCC)C(N)c1sccc1C. The van der Waals surface area contributed by atoms with Gasteiger partial charge in [0.1, 0.15) is 0 Å². The molecule has 0 saturated heterocycles. The largest absolute Gasteiger partial charge is 0.351 e. The maximum absolute atomic E-state index is 6.12. The van der Waals surface area contributed by atoms with Crippen molar-refractivity contribution in [2.45, 2.75) is 33.1 Å². The van der Waals surface area contributed by atoms with Crippen molar-refractivity contribution in [3.05, 3.63) is 21.9 Å². The van der Waals surface area contributed by atoms with E-state index < -0.39 is 0 Å². The number of aryl methyl sites for hydroxylation is 1. The zero-order chi connectivity index (χ0) is 11.3. The van der Waals surface area contributed by atoms with E-state index in [0.29, 0.717) is 13.2 Å². The molecule has 1 aromatic heterocycles. The molecule has 3 nitrogen and oxygen atoms in total. The number of hydrogen-bond acceptors (Lipinski definition) is 4. The second kappa shape index (κ2) is 6.23. The van der Waals surface area contributed by atoms with E-state index in [2.05, 4.69) is 13.0 Å². The monoisotopic (exact) mass is 229 g/mol. The summed E-state index contributed by atoms with van der Waals surface area (Å²) in [5.41, 5.74) is 7.32. The lowest BCUT2D eigenvalue weighted by molar-refractivity contribution is -0.148. The van der Waals surface area contributed by atoms with Crippen molar-refractivity contribution < 1.29 is 9.47 Å². The Balaban J connectivity index is 2.71. The first kappa shape index (κ1) is 12.6. The van der Waals surface area contributed by atoms with Gasteiger partial charge in [-0.3, -0.25) is 0 Å². The molecule has 0 radical (unpaired) electrons. The van der Waals surface area contributed by atoms with Gasteiger partial charge in [-0.15, -0.1) is 11.3 Å². The van der Waals surface area contributed by atoms with Crippen molar-refractivity contribution in [2.75, 3.05) is 13.2 Å². The zero-order valence-electron chi connectivity index (χ0n) is 9.53. The normalized spacial score (nSPS) is 13.4. The summed E-state index contributed by atoms with van der Waals surface area (Å²) in [5.74, 6) is 0. The molecule has 0 spiro atoms. The zero-order valence-corrected chi connectivity index (χ0v) is 10.3. The Bertz CT molecular complexity index is 282. The van der Waals surface area contributed by atoms with Crippen LogP contribution in [0.3, 0.4) is 0 Å². The molecule has 0 aliphatic carbocycles. The third-order valence-corrected chi connectivity index (χ3v) is 3.28. The molecule has 1 unspecified atom stereocenters. The highest BCUT2D eigenvalue weighted by Gasteiger charge is 2.22. The highest BCUT2D eigenvalue weighted by Crippen LogP contribution is 2.26. The number of rotatable bonds is 6. The van der Waals surface area contributed by atoms with Crippen LogP contribution < -0.4 is 5.73 Å². The molecule has 2 N–H and O–H groups in total. The molecule has 0 saturated carbocycles. The van der Waals surface area contributed by atoms with Gasteiger partial charge in [-0.25, -0.2) is 0 Å². The maximum atomic E-state index is 6.12. The number of nitrogens with two attached hydrogens (primary N) is 1. The Morgan fingerprint density at radius 3 is 2.33 bits per heavy atom. The van der Waals surface area contributed by atoms with E-state index in [1.54, 1.807) is 11.3 Å². The molecule has 0 aliphatic rings. The van der Waals surface area contributed by atoms with Crippen molar-refractivity contribution in [3.63, 3.8) is 0 Å². The summed E-state index contributed by atoms with van der Waals surface area (Å²) in [6, 6.07) is 1.87. The minimum Gasteiger partial charge on any atom is -0.351 e. The van der Waals surface area contributed by atoms with Gasteiger partial charge in [-0.1, -0.05) is 0 Å². The van der Waals surface area contributed by atoms with Crippen LogP contribution in [0.1, 0.15) is 30.3 Å². The summed E-state index contributed by atoms with van der Waals surface area (Å²) in [7, 11) is 0. The third kappa shape index (κ3) is 3.28. The second-order valence-corrected chi connectivity index (χ2v) is 4.22. The molecular formula is C11H19NO2S. The van der Waals surface area contributed by atoms with Gasteiger partial charge in [0, 0.05) is 18.1 Å². The summed E-state index contributed by atoms with van der Waals surface area (Å²) in [6.07, 6.45) is -0.336.